The van der Waals surface area contributed by atoms with Gasteiger partial charge < -0.3 is 10.2 Å². The highest BCUT2D eigenvalue weighted by Gasteiger charge is 2.16. The zero-order valence-electron chi connectivity index (χ0n) is 13.0. The minimum atomic E-state index is 0.974. The van der Waals surface area contributed by atoms with Gasteiger partial charge in [0.05, 0.1) is 0 Å². The molecule has 3 heteroatoms. The summed E-state index contributed by atoms with van der Waals surface area (Å²) >= 11 is 1.92. The number of aryl methyl sites for hydroxylation is 2. The minimum Gasteiger partial charge on any atom is -0.367 e. The fourth-order valence-electron chi connectivity index (χ4n) is 3.15. The molecule has 0 saturated heterocycles. The van der Waals surface area contributed by atoms with Gasteiger partial charge in [0, 0.05) is 35.1 Å². The Morgan fingerprint density at radius 1 is 1.24 bits per heavy atom. The van der Waals surface area contributed by atoms with Gasteiger partial charge in [0.25, 0.3) is 0 Å². The molecule has 1 aliphatic heterocycles. The van der Waals surface area contributed by atoms with Crippen LogP contribution < -0.4 is 10.2 Å². The Hall–Kier alpha value is -1.32. The lowest BCUT2D eigenvalue weighted by molar-refractivity contribution is 0.714. The van der Waals surface area contributed by atoms with Crippen LogP contribution in [0.2, 0.25) is 0 Å². The van der Waals surface area contributed by atoms with Crippen LogP contribution in [0.4, 0.5) is 5.69 Å². The first-order valence-electron chi connectivity index (χ1n) is 7.83. The Morgan fingerprint density at radius 2 is 2.10 bits per heavy atom. The van der Waals surface area contributed by atoms with Crippen molar-refractivity contribution in [2.24, 2.45) is 0 Å². The van der Waals surface area contributed by atoms with Crippen molar-refractivity contribution in [1.82, 2.24) is 5.32 Å². The number of hydrogen-bond donors (Lipinski definition) is 1. The first kappa shape index (κ1) is 14.6. The minimum absolute atomic E-state index is 0.974. The summed E-state index contributed by atoms with van der Waals surface area (Å²) in [5, 5.41) is 3.25. The van der Waals surface area contributed by atoms with Crippen LogP contribution in [0.15, 0.2) is 30.3 Å². The van der Waals surface area contributed by atoms with Gasteiger partial charge in [0.1, 0.15) is 0 Å². The second-order valence-corrected chi connectivity index (χ2v) is 7.17. The molecule has 0 amide bonds. The molecule has 1 aromatic heterocycles. The third-order valence-electron chi connectivity index (χ3n) is 4.24. The summed E-state index contributed by atoms with van der Waals surface area (Å²) in [7, 11) is 2.01. The Balaban J connectivity index is 1.84. The number of anilines is 1. The molecule has 0 radical (unpaired) electrons. The largest absolute Gasteiger partial charge is 0.367 e. The van der Waals surface area contributed by atoms with E-state index in [4.69, 9.17) is 0 Å². The maximum Gasteiger partial charge on any atom is 0.0440 e. The van der Waals surface area contributed by atoms with Crippen molar-refractivity contribution in [3.63, 3.8) is 0 Å². The lowest BCUT2D eigenvalue weighted by Gasteiger charge is -2.25. The van der Waals surface area contributed by atoms with E-state index in [1.165, 1.54) is 52.4 Å². The molecule has 1 aliphatic rings. The van der Waals surface area contributed by atoms with Crippen molar-refractivity contribution in [3.8, 4) is 0 Å². The summed E-state index contributed by atoms with van der Waals surface area (Å²) in [6, 6.07) is 11.3. The molecule has 1 N–H and O–H groups in total. The molecule has 3 rings (SSSR count). The van der Waals surface area contributed by atoms with Gasteiger partial charge in [-0.05, 0) is 56.5 Å². The van der Waals surface area contributed by atoms with E-state index < -0.39 is 0 Å². The summed E-state index contributed by atoms with van der Waals surface area (Å²) in [5.41, 5.74) is 4.44. The smallest absolute Gasteiger partial charge is 0.0440 e. The molecule has 2 heterocycles. The van der Waals surface area contributed by atoms with E-state index in [0.717, 1.165) is 13.1 Å². The molecule has 0 aliphatic carbocycles. The number of nitrogens with zero attached hydrogens (tertiary/aromatic N) is 1. The SMILES string of the molecule is CNCc1cc(CN2CCCCc3ccccc32)c(C)s1. The molecule has 2 nitrogen and oxygen atoms in total. The van der Waals surface area contributed by atoms with Gasteiger partial charge >= 0.3 is 0 Å². The molecule has 0 atom stereocenters. The molecule has 2 aromatic rings. The average Bonchev–Trinajstić information content (AvgIpc) is 2.71. The highest BCUT2D eigenvalue weighted by molar-refractivity contribution is 7.12. The normalized spacial score (nSPS) is 14.9. The van der Waals surface area contributed by atoms with Crippen molar-refractivity contribution >= 4 is 17.0 Å². The first-order chi connectivity index (χ1) is 10.3. The lowest BCUT2D eigenvalue weighted by Crippen LogP contribution is -2.23. The molecule has 0 bridgehead atoms. The molecule has 0 spiro atoms. The highest BCUT2D eigenvalue weighted by atomic mass is 32.1. The topological polar surface area (TPSA) is 15.3 Å². The first-order valence-corrected chi connectivity index (χ1v) is 8.65. The maximum atomic E-state index is 3.25. The number of hydrogen-bond acceptors (Lipinski definition) is 3. The van der Waals surface area contributed by atoms with Crippen molar-refractivity contribution in [1.29, 1.82) is 0 Å². The van der Waals surface area contributed by atoms with Crippen LogP contribution in [0.5, 0.6) is 0 Å². The zero-order chi connectivity index (χ0) is 14.7. The van der Waals surface area contributed by atoms with E-state index in [-0.39, 0.29) is 0 Å². The summed E-state index contributed by atoms with van der Waals surface area (Å²) < 4.78 is 0. The zero-order valence-corrected chi connectivity index (χ0v) is 13.8. The molecule has 0 saturated carbocycles. The Labute approximate surface area is 131 Å². The van der Waals surface area contributed by atoms with Crippen LogP contribution in [-0.4, -0.2) is 13.6 Å². The quantitative estimate of drug-likeness (QED) is 0.914. The molecule has 21 heavy (non-hydrogen) atoms. The summed E-state index contributed by atoms with van der Waals surface area (Å²) in [5.74, 6) is 0. The van der Waals surface area contributed by atoms with Gasteiger partial charge in [-0.3, -0.25) is 0 Å². The fourth-order valence-corrected chi connectivity index (χ4v) is 4.21. The van der Waals surface area contributed by atoms with Gasteiger partial charge in [-0.25, -0.2) is 0 Å². The van der Waals surface area contributed by atoms with Gasteiger partial charge in [-0.1, -0.05) is 18.2 Å². The summed E-state index contributed by atoms with van der Waals surface area (Å²) in [6.07, 6.45) is 3.82. The second-order valence-electron chi connectivity index (χ2n) is 5.83. The van der Waals surface area contributed by atoms with Crippen LogP contribution >= 0.6 is 11.3 Å². The van der Waals surface area contributed by atoms with Crippen LogP contribution in [-0.2, 0) is 19.5 Å². The van der Waals surface area contributed by atoms with E-state index in [1.807, 2.05) is 18.4 Å². The van der Waals surface area contributed by atoms with Gasteiger partial charge in [0.15, 0.2) is 0 Å². The van der Waals surface area contributed by atoms with E-state index in [2.05, 4.69) is 47.5 Å². The molecular weight excluding hydrogens is 276 g/mol. The van der Waals surface area contributed by atoms with Crippen molar-refractivity contribution in [2.75, 3.05) is 18.5 Å². The lowest BCUT2D eigenvalue weighted by atomic mass is 10.1. The van der Waals surface area contributed by atoms with Crippen LogP contribution in [0, 0.1) is 6.92 Å². The molecule has 0 fully saturated rings. The average molecular weight is 300 g/mol. The molecular formula is C18H24N2S. The number of benzene rings is 1. The van der Waals surface area contributed by atoms with E-state index >= 15 is 0 Å². The van der Waals surface area contributed by atoms with Gasteiger partial charge in [-0.2, -0.15) is 0 Å². The number of nitrogens with one attached hydrogen (secondary N) is 1. The van der Waals surface area contributed by atoms with E-state index in [1.54, 1.807) is 0 Å². The standard InChI is InChI=1S/C18H24N2S/c1-14-16(11-17(21-14)12-19-2)13-20-10-6-5-8-15-7-3-4-9-18(15)20/h3-4,7,9,11,19H,5-6,8,10,12-13H2,1-2H3. The Bertz CT molecular complexity index is 603. The number of rotatable bonds is 4. The molecule has 112 valence electrons. The summed E-state index contributed by atoms with van der Waals surface area (Å²) in [4.78, 5) is 5.47. The molecule has 1 aromatic carbocycles. The van der Waals surface area contributed by atoms with Gasteiger partial charge in [-0.15, -0.1) is 11.3 Å². The Morgan fingerprint density at radius 3 is 2.95 bits per heavy atom. The Kier molecular flexibility index (Phi) is 4.61. The number of para-hydroxylation sites is 1. The second kappa shape index (κ2) is 6.63. The van der Waals surface area contributed by atoms with Crippen LogP contribution in [0.25, 0.3) is 0 Å². The van der Waals surface area contributed by atoms with Crippen molar-refractivity contribution < 1.29 is 0 Å². The summed E-state index contributed by atoms with van der Waals surface area (Å²) in [6.45, 7) is 5.45. The van der Waals surface area contributed by atoms with Crippen LogP contribution in [0.3, 0.4) is 0 Å². The predicted octanol–water partition coefficient (Wildman–Crippen LogP) is 4.12. The van der Waals surface area contributed by atoms with Crippen molar-refractivity contribution in [3.05, 3.63) is 51.2 Å². The molecule has 0 unspecified atom stereocenters. The third kappa shape index (κ3) is 3.30. The van der Waals surface area contributed by atoms with Crippen LogP contribution in [0.1, 0.15) is 33.7 Å². The fraction of sp³-hybridized carbons (Fsp3) is 0.444. The number of thiophene rings is 1. The predicted molar refractivity (Wildman–Crippen MR) is 92.2 cm³/mol. The number of fused-ring (bicyclic) bond motifs is 1. The highest BCUT2D eigenvalue weighted by Crippen LogP contribution is 2.30. The maximum absolute atomic E-state index is 3.25. The van der Waals surface area contributed by atoms with E-state index in [9.17, 15) is 0 Å². The monoisotopic (exact) mass is 300 g/mol. The third-order valence-corrected chi connectivity index (χ3v) is 5.33. The van der Waals surface area contributed by atoms with Crippen molar-refractivity contribution in [2.45, 2.75) is 39.3 Å². The van der Waals surface area contributed by atoms with E-state index in [0.29, 0.717) is 0 Å². The van der Waals surface area contributed by atoms with Gasteiger partial charge in [0.2, 0.25) is 0 Å².